The molecule has 0 heterocycles. The van der Waals surface area contributed by atoms with Crippen LogP contribution in [0.3, 0.4) is 0 Å². The molecular weight excluding hydrogens is 284 g/mol. The summed E-state index contributed by atoms with van der Waals surface area (Å²) in [4.78, 5) is 34.3. The summed E-state index contributed by atoms with van der Waals surface area (Å²) in [5.41, 5.74) is 11.5. The number of primary amides is 2. The van der Waals surface area contributed by atoms with E-state index in [-0.39, 0.29) is 18.3 Å². The first-order valence-electron chi connectivity index (χ1n) is 7.15. The molecule has 0 aliphatic heterocycles. The van der Waals surface area contributed by atoms with Gasteiger partial charge in [-0.2, -0.15) is 0 Å². The number of ketones is 1. The summed E-state index contributed by atoms with van der Waals surface area (Å²) in [5, 5.41) is 0. The topological polar surface area (TPSA) is 112 Å². The van der Waals surface area contributed by atoms with Gasteiger partial charge >= 0.3 is 0 Å². The standard InChI is InChI=1S/C16H22N2O4/c1-4-9(2)22-14-6-5-11(10(3)19)7-12(14)8-13(15(17)20)16(18)21/h5-7,9,13H,4,8H2,1-3H3,(H2,17,20)(H2,18,21). The van der Waals surface area contributed by atoms with E-state index in [0.29, 0.717) is 16.9 Å². The molecule has 120 valence electrons. The van der Waals surface area contributed by atoms with Gasteiger partial charge in [0, 0.05) is 5.56 Å². The highest BCUT2D eigenvalue weighted by atomic mass is 16.5. The Balaban J connectivity index is 3.20. The van der Waals surface area contributed by atoms with Crippen LogP contribution < -0.4 is 16.2 Å². The van der Waals surface area contributed by atoms with Crippen molar-refractivity contribution in [1.29, 1.82) is 0 Å². The molecule has 1 rings (SSSR count). The number of benzene rings is 1. The Labute approximate surface area is 129 Å². The molecular formula is C16H22N2O4. The molecule has 0 aliphatic rings. The number of ether oxygens (including phenoxy) is 1. The van der Waals surface area contributed by atoms with Crippen molar-refractivity contribution in [2.45, 2.75) is 39.7 Å². The molecule has 6 nitrogen and oxygen atoms in total. The maximum Gasteiger partial charge on any atom is 0.230 e. The molecule has 0 bridgehead atoms. The van der Waals surface area contributed by atoms with Crippen molar-refractivity contribution in [2.75, 3.05) is 0 Å². The minimum absolute atomic E-state index is 0.0115. The van der Waals surface area contributed by atoms with Crippen LogP contribution in [0.1, 0.15) is 43.1 Å². The second-order valence-electron chi connectivity index (χ2n) is 5.28. The first-order chi connectivity index (χ1) is 10.3. The van der Waals surface area contributed by atoms with Crippen LogP contribution in [-0.2, 0) is 16.0 Å². The van der Waals surface area contributed by atoms with Crippen molar-refractivity contribution in [2.24, 2.45) is 17.4 Å². The van der Waals surface area contributed by atoms with Crippen molar-refractivity contribution < 1.29 is 19.1 Å². The van der Waals surface area contributed by atoms with Gasteiger partial charge in [-0.25, -0.2) is 0 Å². The van der Waals surface area contributed by atoms with Crippen LogP contribution in [-0.4, -0.2) is 23.7 Å². The molecule has 1 unspecified atom stereocenters. The summed E-state index contributed by atoms with van der Waals surface area (Å²) in [5.74, 6) is -2.33. The Morgan fingerprint density at radius 2 is 1.77 bits per heavy atom. The zero-order valence-electron chi connectivity index (χ0n) is 13.1. The SMILES string of the molecule is CCC(C)Oc1ccc(C(C)=O)cc1CC(C(N)=O)C(N)=O. The summed E-state index contributed by atoms with van der Waals surface area (Å²) in [7, 11) is 0. The number of amides is 2. The van der Waals surface area contributed by atoms with Crippen molar-refractivity contribution in [3.8, 4) is 5.75 Å². The van der Waals surface area contributed by atoms with E-state index in [1.807, 2.05) is 13.8 Å². The molecule has 22 heavy (non-hydrogen) atoms. The Hall–Kier alpha value is -2.37. The van der Waals surface area contributed by atoms with Gasteiger partial charge in [0.25, 0.3) is 0 Å². The lowest BCUT2D eigenvalue weighted by atomic mass is 9.95. The zero-order valence-corrected chi connectivity index (χ0v) is 13.1. The predicted molar refractivity (Wildman–Crippen MR) is 82.4 cm³/mol. The highest BCUT2D eigenvalue weighted by Crippen LogP contribution is 2.25. The molecule has 0 saturated heterocycles. The summed E-state index contributed by atoms with van der Waals surface area (Å²) in [6, 6.07) is 4.92. The Morgan fingerprint density at radius 3 is 2.23 bits per heavy atom. The summed E-state index contributed by atoms with van der Waals surface area (Å²) in [6.45, 7) is 5.32. The van der Waals surface area contributed by atoms with E-state index < -0.39 is 17.7 Å². The minimum Gasteiger partial charge on any atom is -0.490 e. The second kappa shape index (κ2) is 7.59. The normalized spacial score (nSPS) is 12.0. The number of Topliss-reactive ketones (excluding diaryl/α,β-unsaturated/α-hetero) is 1. The molecule has 0 aliphatic carbocycles. The highest BCUT2D eigenvalue weighted by Gasteiger charge is 2.24. The minimum atomic E-state index is -1.14. The average Bonchev–Trinajstić information content (AvgIpc) is 2.44. The fourth-order valence-electron chi connectivity index (χ4n) is 1.93. The fourth-order valence-corrected chi connectivity index (χ4v) is 1.93. The Kier molecular flexibility index (Phi) is 6.10. The molecule has 4 N–H and O–H groups in total. The maximum absolute atomic E-state index is 11.5. The van der Waals surface area contributed by atoms with Gasteiger partial charge in [-0.05, 0) is 50.5 Å². The molecule has 1 aromatic carbocycles. The molecule has 1 atom stereocenters. The molecule has 0 saturated carbocycles. The van der Waals surface area contributed by atoms with Crippen LogP contribution in [0.4, 0.5) is 0 Å². The highest BCUT2D eigenvalue weighted by molar-refractivity contribution is 5.99. The second-order valence-corrected chi connectivity index (χ2v) is 5.28. The molecule has 0 aromatic heterocycles. The van der Waals surface area contributed by atoms with E-state index >= 15 is 0 Å². The smallest absolute Gasteiger partial charge is 0.230 e. The van der Waals surface area contributed by atoms with Crippen molar-refractivity contribution in [3.05, 3.63) is 29.3 Å². The average molecular weight is 306 g/mol. The third-order valence-electron chi connectivity index (χ3n) is 3.48. The van der Waals surface area contributed by atoms with Crippen LogP contribution in [0.5, 0.6) is 5.75 Å². The first-order valence-corrected chi connectivity index (χ1v) is 7.15. The van der Waals surface area contributed by atoms with E-state index in [0.717, 1.165) is 6.42 Å². The van der Waals surface area contributed by atoms with E-state index in [2.05, 4.69) is 0 Å². The van der Waals surface area contributed by atoms with Crippen LogP contribution >= 0.6 is 0 Å². The summed E-state index contributed by atoms with van der Waals surface area (Å²) in [6.07, 6.45) is 0.767. The van der Waals surface area contributed by atoms with Crippen molar-refractivity contribution >= 4 is 17.6 Å². The lowest BCUT2D eigenvalue weighted by Gasteiger charge is -2.18. The largest absolute Gasteiger partial charge is 0.490 e. The quantitative estimate of drug-likeness (QED) is 0.555. The Morgan fingerprint density at radius 1 is 1.18 bits per heavy atom. The number of hydrogen-bond acceptors (Lipinski definition) is 4. The number of rotatable bonds is 8. The molecule has 0 fully saturated rings. The van der Waals surface area contributed by atoms with Crippen molar-refractivity contribution in [1.82, 2.24) is 0 Å². The van der Waals surface area contributed by atoms with Crippen LogP contribution in [0.2, 0.25) is 0 Å². The molecule has 2 amide bonds. The molecule has 0 radical (unpaired) electrons. The fraction of sp³-hybridized carbons (Fsp3) is 0.438. The Bertz CT molecular complexity index is 570. The number of carbonyl (C=O) groups excluding carboxylic acids is 3. The zero-order chi connectivity index (χ0) is 16.9. The lowest BCUT2D eigenvalue weighted by molar-refractivity contribution is -0.131. The number of carbonyl (C=O) groups is 3. The number of nitrogens with two attached hydrogens (primary N) is 2. The van der Waals surface area contributed by atoms with Gasteiger partial charge < -0.3 is 16.2 Å². The molecule has 1 aromatic rings. The van der Waals surface area contributed by atoms with E-state index in [9.17, 15) is 14.4 Å². The van der Waals surface area contributed by atoms with Gasteiger partial charge in [0.2, 0.25) is 11.8 Å². The monoisotopic (exact) mass is 306 g/mol. The van der Waals surface area contributed by atoms with Crippen molar-refractivity contribution in [3.63, 3.8) is 0 Å². The summed E-state index contributed by atoms with van der Waals surface area (Å²) < 4.78 is 5.77. The van der Waals surface area contributed by atoms with Gasteiger partial charge in [0.15, 0.2) is 5.78 Å². The van der Waals surface area contributed by atoms with Crippen LogP contribution in [0.15, 0.2) is 18.2 Å². The van der Waals surface area contributed by atoms with Gasteiger partial charge in [-0.15, -0.1) is 0 Å². The van der Waals surface area contributed by atoms with Gasteiger partial charge in [0.1, 0.15) is 11.7 Å². The summed E-state index contributed by atoms with van der Waals surface area (Å²) >= 11 is 0. The van der Waals surface area contributed by atoms with E-state index in [1.54, 1.807) is 18.2 Å². The predicted octanol–water partition coefficient (Wildman–Crippen LogP) is 1.20. The maximum atomic E-state index is 11.5. The van der Waals surface area contributed by atoms with Crippen LogP contribution in [0, 0.1) is 5.92 Å². The van der Waals surface area contributed by atoms with Crippen LogP contribution in [0.25, 0.3) is 0 Å². The molecule has 0 spiro atoms. The first kappa shape index (κ1) is 17.7. The van der Waals surface area contributed by atoms with Gasteiger partial charge in [-0.1, -0.05) is 6.92 Å². The number of hydrogen-bond donors (Lipinski definition) is 2. The van der Waals surface area contributed by atoms with E-state index in [1.165, 1.54) is 6.92 Å². The van der Waals surface area contributed by atoms with Gasteiger partial charge in [0.05, 0.1) is 6.10 Å². The van der Waals surface area contributed by atoms with Gasteiger partial charge in [-0.3, -0.25) is 14.4 Å². The third-order valence-corrected chi connectivity index (χ3v) is 3.48. The molecule has 6 heteroatoms. The third kappa shape index (κ3) is 4.58. The van der Waals surface area contributed by atoms with E-state index in [4.69, 9.17) is 16.2 Å². The lowest BCUT2D eigenvalue weighted by Crippen LogP contribution is -2.36.